The van der Waals surface area contributed by atoms with Crippen molar-refractivity contribution < 1.29 is 19.4 Å². The Morgan fingerprint density at radius 1 is 1.18 bits per heavy atom. The van der Waals surface area contributed by atoms with Crippen molar-refractivity contribution in [2.45, 2.75) is 26.8 Å². The number of aliphatic hydroxyl groups is 1. The first-order valence-corrected chi connectivity index (χ1v) is 11.8. The Hall–Kier alpha value is -3.65. The number of benzene rings is 2. The van der Waals surface area contributed by atoms with Crippen molar-refractivity contribution in [2.24, 2.45) is 0 Å². The first kappa shape index (κ1) is 23.5. The highest BCUT2D eigenvalue weighted by molar-refractivity contribution is 7.14. The first-order valence-electron chi connectivity index (χ1n) is 11.0. The number of rotatable bonds is 7. The molecular weight excluding hydrogens is 450 g/mol. The molecule has 176 valence electrons. The molecule has 1 aliphatic rings. The fraction of sp³-hybridized carbons (Fsp3) is 0.269. The molecule has 0 aliphatic carbocycles. The number of aromatic nitrogens is 1. The smallest absolute Gasteiger partial charge is 0.294 e. The van der Waals surface area contributed by atoms with Gasteiger partial charge in [0.1, 0.15) is 5.75 Å². The van der Waals surface area contributed by atoms with Gasteiger partial charge in [0.2, 0.25) is 5.78 Å². The van der Waals surface area contributed by atoms with E-state index in [4.69, 9.17) is 4.74 Å². The lowest BCUT2D eigenvalue weighted by molar-refractivity contribution is -0.117. The van der Waals surface area contributed by atoms with Gasteiger partial charge in [-0.2, -0.15) is 0 Å². The quantitative estimate of drug-likeness (QED) is 0.482. The largest absolute Gasteiger partial charge is 0.503 e. The maximum Gasteiger partial charge on any atom is 0.294 e. The van der Waals surface area contributed by atoms with Gasteiger partial charge >= 0.3 is 0 Å². The van der Waals surface area contributed by atoms with Crippen LogP contribution in [0.5, 0.6) is 5.75 Å². The van der Waals surface area contributed by atoms with E-state index in [1.807, 2.05) is 57.1 Å². The molecule has 4 rings (SSSR count). The summed E-state index contributed by atoms with van der Waals surface area (Å²) in [6.07, 6.45) is 0. The number of amides is 1. The van der Waals surface area contributed by atoms with Gasteiger partial charge in [0.25, 0.3) is 5.91 Å². The fourth-order valence-corrected chi connectivity index (χ4v) is 5.00. The van der Waals surface area contributed by atoms with Gasteiger partial charge in [-0.15, -0.1) is 11.3 Å². The van der Waals surface area contributed by atoms with Crippen LogP contribution in [0.2, 0.25) is 0 Å². The number of carbonyl (C=O) groups excluding carboxylic acids is 2. The predicted octanol–water partition coefficient (Wildman–Crippen LogP) is 5.01. The highest BCUT2D eigenvalue weighted by atomic mass is 32.1. The van der Waals surface area contributed by atoms with Crippen molar-refractivity contribution >= 4 is 34.4 Å². The number of thiazole rings is 1. The summed E-state index contributed by atoms with van der Waals surface area (Å²) in [5.74, 6) is -0.960. The molecule has 8 heteroatoms. The van der Waals surface area contributed by atoms with Crippen LogP contribution in [-0.2, 0) is 4.79 Å². The Labute approximate surface area is 202 Å². The van der Waals surface area contributed by atoms with Crippen molar-refractivity contribution in [3.63, 3.8) is 0 Å². The molecular formula is C26H27N3O4S. The summed E-state index contributed by atoms with van der Waals surface area (Å²) >= 11 is 1.26. The van der Waals surface area contributed by atoms with Gasteiger partial charge in [-0.25, -0.2) is 4.98 Å². The van der Waals surface area contributed by atoms with Gasteiger partial charge in [-0.05, 0) is 50.6 Å². The summed E-state index contributed by atoms with van der Waals surface area (Å²) in [7, 11) is 3.88. The summed E-state index contributed by atoms with van der Waals surface area (Å²) in [6.45, 7) is 5.94. The van der Waals surface area contributed by atoms with Crippen LogP contribution < -0.4 is 14.5 Å². The van der Waals surface area contributed by atoms with Crippen molar-refractivity contribution in [3.05, 3.63) is 81.0 Å². The van der Waals surface area contributed by atoms with Gasteiger partial charge in [0.05, 0.1) is 33.8 Å². The molecule has 0 bridgehead atoms. The summed E-state index contributed by atoms with van der Waals surface area (Å²) in [6, 6.07) is 13.9. The number of ketones is 1. The topological polar surface area (TPSA) is 83.0 Å². The van der Waals surface area contributed by atoms with Crippen molar-refractivity contribution in [1.82, 2.24) is 4.98 Å². The van der Waals surface area contributed by atoms with Crippen molar-refractivity contribution in [3.8, 4) is 5.75 Å². The van der Waals surface area contributed by atoms with E-state index in [0.29, 0.717) is 34.2 Å². The Balaban J connectivity index is 1.87. The zero-order valence-electron chi connectivity index (χ0n) is 19.8. The molecule has 3 aromatic rings. The summed E-state index contributed by atoms with van der Waals surface area (Å²) in [4.78, 5) is 35.3. The van der Waals surface area contributed by atoms with E-state index in [1.165, 1.54) is 16.2 Å². The molecule has 0 saturated carbocycles. The van der Waals surface area contributed by atoms with E-state index in [2.05, 4.69) is 4.98 Å². The van der Waals surface area contributed by atoms with Crippen LogP contribution >= 0.6 is 11.3 Å². The van der Waals surface area contributed by atoms with Crippen molar-refractivity contribution in [2.75, 3.05) is 30.5 Å². The molecule has 1 amide bonds. The lowest BCUT2D eigenvalue weighted by Gasteiger charge is -2.27. The molecule has 1 aliphatic heterocycles. The number of Topliss-reactive ketones (excluding diaryl/α,β-unsaturated/α-hetero) is 1. The molecule has 0 spiro atoms. The number of carbonyl (C=O) groups is 2. The standard InChI is InChI=1S/C26H27N3O4S/c1-6-33-20-9-7-8-19(14-20)29-22(17-10-12-18(13-11-17)28(4)5)21(24(31)26(29)32)23(30)25-15(2)27-16(3)34-25/h7-14,22,31H,6H2,1-5H3. The van der Waals surface area contributed by atoms with E-state index < -0.39 is 17.7 Å². The average molecular weight is 478 g/mol. The minimum absolute atomic E-state index is 0.0520. The molecule has 7 nitrogen and oxygen atoms in total. The van der Waals surface area contributed by atoms with Gasteiger partial charge in [0, 0.05) is 31.5 Å². The predicted molar refractivity (Wildman–Crippen MR) is 134 cm³/mol. The molecule has 1 atom stereocenters. The van der Waals surface area contributed by atoms with E-state index in [1.54, 1.807) is 31.2 Å². The normalized spacial score (nSPS) is 15.7. The van der Waals surface area contributed by atoms with E-state index in [0.717, 1.165) is 10.7 Å². The Kier molecular flexibility index (Phi) is 6.43. The lowest BCUT2D eigenvalue weighted by atomic mass is 9.94. The van der Waals surface area contributed by atoms with Gasteiger partial charge in [-0.3, -0.25) is 14.5 Å². The molecule has 1 aromatic heterocycles. The summed E-state index contributed by atoms with van der Waals surface area (Å²) in [5.41, 5.74) is 2.86. The molecule has 34 heavy (non-hydrogen) atoms. The molecule has 0 fully saturated rings. The SMILES string of the molecule is CCOc1cccc(N2C(=O)C(O)=C(C(=O)c3sc(C)nc3C)C2c2ccc(N(C)C)cc2)c1. The second-order valence-corrected chi connectivity index (χ2v) is 9.44. The third-order valence-corrected chi connectivity index (χ3v) is 6.77. The molecule has 0 saturated heterocycles. The number of aryl methyl sites for hydroxylation is 2. The van der Waals surface area contributed by atoms with Crippen LogP contribution in [-0.4, -0.2) is 42.5 Å². The third-order valence-electron chi connectivity index (χ3n) is 5.69. The molecule has 0 radical (unpaired) electrons. The maximum absolute atomic E-state index is 13.7. The van der Waals surface area contributed by atoms with Gasteiger partial charge < -0.3 is 14.7 Å². The first-order chi connectivity index (χ1) is 16.2. The number of hydrogen-bond donors (Lipinski definition) is 1. The second-order valence-electron chi connectivity index (χ2n) is 8.23. The lowest BCUT2D eigenvalue weighted by Crippen LogP contribution is -2.31. The molecule has 2 heterocycles. The van der Waals surface area contributed by atoms with Crippen LogP contribution in [0.3, 0.4) is 0 Å². The van der Waals surface area contributed by atoms with Crippen LogP contribution in [0.25, 0.3) is 0 Å². The number of hydrogen-bond acceptors (Lipinski definition) is 7. The minimum atomic E-state index is -0.796. The Morgan fingerprint density at radius 2 is 1.88 bits per heavy atom. The maximum atomic E-state index is 13.7. The number of nitrogens with zero attached hydrogens (tertiary/aromatic N) is 3. The number of anilines is 2. The van der Waals surface area contributed by atoms with Crippen LogP contribution in [0.4, 0.5) is 11.4 Å². The zero-order valence-corrected chi connectivity index (χ0v) is 20.6. The Bertz CT molecular complexity index is 1280. The van der Waals surface area contributed by atoms with E-state index >= 15 is 0 Å². The number of ether oxygens (including phenoxy) is 1. The summed E-state index contributed by atoms with van der Waals surface area (Å²) in [5, 5.41) is 11.7. The molecule has 1 unspecified atom stereocenters. The third kappa shape index (κ3) is 4.17. The second kappa shape index (κ2) is 9.30. The van der Waals surface area contributed by atoms with Crippen LogP contribution in [0, 0.1) is 13.8 Å². The Morgan fingerprint density at radius 3 is 2.47 bits per heavy atom. The molecule has 2 aromatic carbocycles. The summed E-state index contributed by atoms with van der Waals surface area (Å²) < 4.78 is 5.62. The highest BCUT2D eigenvalue weighted by Crippen LogP contribution is 2.43. The van der Waals surface area contributed by atoms with E-state index in [9.17, 15) is 14.7 Å². The minimum Gasteiger partial charge on any atom is -0.503 e. The van der Waals surface area contributed by atoms with Crippen molar-refractivity contribution in [1.29, 1.82) is 0 Å². The highest BCUT2D eigenvalue weighted by Gasteiger charge is 2.45. The van der Waals surface area contributed by atoms with E-state index in [-0.39, 0.29) is 11.4 Å². The average Bonchev–Trinajstić information content (AvgIpc) is 3.29. The molecule has 1 N–H and O–H groups in total. The van der Waals surface area contributed by atoms with Crippen LogP contribution in [0.1, 0.15) is 38.9 Å². The zero-order chi connectivity index (χ0) is 24.6. The van der Waals surface area contributed by atoms with Gasteiger partial charge in [-0.1, -0.05) is 18.2 Å². The number of aliphatic hydroxyl groups excluding tert-OH is 1. The van der Waals surface area contributed by atoms with Crippen LogP contribution in [0.15, 0.2) is 59.9 Å². The fourth-order valence-electron chi connectivity index (χ4n) is 4.13. The van der Waals surface area contributed by atoms with Gasteiger partial charge in [0.15, 0.2) is 5.76 Å². The monoisotopic (exact) mass is 477 g/mol.